The SMILES string of the molecule is CC1CCC(c2ccc(-c3ccc(F)c(F)c3)c(F)c2)CC1.CC1CCC(c2ccc(-c3ccc(F)c(F)c3)cc2)CC1.CC1CCC(c2ccc(-c3ccc(F)cc3)c(F)c2)CC1.CC1CCC(c2ccc(-c3ccc(F)cc3)cc2)CC1.Cc1ccc(-c2ccc(C3CCC(C)CC3)cc2)c(F)c1.Cc1ccc(-c2ccc(C3CCC(C)CC3)cc2)cc1.Cc1ccc(-c2ccc(C3CCC(C)CC3)cc2F)cc1. The third-order valence-corrected chi connectivity index (χ3v) is 33.0. The molecule has 0 saturated heterocycles. The van der Waals surface area contributed by atoms with Gasteiger partial charge in [0.2, 0.25) is 0 Å². The Morgan fingerprint density at radius 3 is 0.575 bits per heavy atom. The maximum absolute atomic E-state index is 14.5. The number of hydrogen-bond donors (Lipinski definition) is 0. The molecule has 0 N–H and O–H groups in total. The molecule has 7 saturated carbocycles. The summed E-state index contributed by atoms with van der Waals surface area (Å²) in [6.07, 6.45) is 35.4. The highest BCUT2D eigenvalue weighted by Crippen LogP contribution is 2.46. The fraction of sp³-hybridized carbons (Fsp3) is 0.382. The molecule has 0 heterocycles. The molecule has 7 aliphatic rings. The second-order valence-electron chi connectivity index (χ2n) is 44.4. The van der Waals surface area contributed by atoms with Gasteiger partial charge in [-0.15, -0.1) is 0 Å². The first-order valence-corrected chi connectivity index (χ1v) is 54.6. The van der Waals surface area contributed by atoms with Crippen molar-refractivity contribution in [3.05, 3.63) is 417 Å². The zero-order valence-corrected chi connectivity index (χ0v) is 87.5. The zero-order valence-electron chi connectivity index (χ0n) is 87.5. The van der Waals surface area contributed by atoms with Crippen LogP contribution in [0.15, 0.2) is 303 Å². The predicted molar refractivity (Wildman–Crippen MR) is 590 cm³/mol. The highest BCUT2D eigenvalue weighted by molar-refractivity contribution is 5.70. The van der Waals surface area contributed by atoms with E-state index >= 15 is 0 Å². The molecule has 0 radical (unpaired) electrons. The van der Waals surface area contributed by atoms with Crippen molar-refractivity contribution in [1.82, 2.24) is 0 Å². The van der Waals surface area contributed by atoms with Gasteiger partial charge in [0.1, 0.15) is 34.9 Å². The maximum atomic E-state index is 14.5. The van der Waals surface area contributed by atoms with E-state index in [1.54, 1.807) is 48.5 Å². The van der Waals surface area contributed by atoms with Crippen LogP contribution in [-0.4, -0.2) is 0 Å². The van der Waals surface area contributed by atoms with E-state index in [2.05, 4.69) is 171 Å². The van der Waals surface area contributed by atoms with Gasteiger partial charge in [0.25, 0.3) is 0 Å². The van der Waals surface area contributed by atoms with Crippen molar-refractivity contribution < 1.29 is 43.9 Å². The average molecular weight is 1970 g/mol. The Bertz CT molecular complexity index is 6170. The van der Waals surface area contributed by atoms with Gasteiger partial charge in [-0.05, 0) is 366 Å². The van der Waals surface area contributed by atoms with Gasteiger partial charge >= 0.3 is 0 Å². The van der Waals surface area contributed by atoms with E-state index in [-0.39, 0.29) is 34.9 Å². The third kappa shape index (κ3) is 30.8. The van der Waals surface area contributed by atoms with Crippen LogP contribution in [0.25, 0.3) is 77.9 Å². The molecule has 0 unspecified atom stereocenters. The molecule has 0 aliphatic heterocycles. The zero-order chi connectivity index (χ0) is 103. The number of rotatable bonds is 14. The van der Waals surface area contributed by atoms with Crippen LogP contribution in [0, 0.1) is 120 Å². The molecule has 0 bridgehead atoms. The molecular weight excluding hydrogens is 1820 g/mol. The largest absolute Gasteiger partial charge is 0.207 e. The van der Waals surface area contributed by atoms with Gasteiger partial charge < -0.3 is 0 Å². The van der Waals surface area contributed by atoms with Crippen molar-refractivity contribution in [1.29, 1.82) is 0 Å². The monoisotopic (exact) mass is 1970 g/mol. The molecule has 146 heavy (non-hydrogen) atoms. The van der Waals surface area contributed by atoms with Crippen molar-refractivity contribution in [3.8, 4) is 77.9 Å². The Hall–Kier alpha value is -11.6. The van der Waals surface area contributed by atoms with Crippen LogP contribution in [0.2, 0.25) is 0 Å². The third-order valence-electron chi connectivity index (χ3n) is 33.0. The van der Waals surface area contributed by atoms with E-state index in [4.69, 9.17) is 0 Å². The molecule has 14 aromatic carbocycles. The second kappa shape index (κ2) is 52.8. The van der Waals surface area contributed by atoms with E-state index in [0.29, 0.717) is 57.4 Å². The Morgan fingerprint density at radius 1 is 0.137 bits per heavy atom. The lowest BCUT2D eigenvalue weighted by atomic mass is 9.79. The van der Waals surface area contributed by atoms with Crippen LogP contribution in [-0.2, 0) is 0 Å². The average Bonchev–Trinajstić information content (AvgIpc) is 0.689. The van der Waals surface area contributed by atoms with Gasteiger partial charge in [0.05, 0.1) is 0 Å². The lowest BCUT2D eigenvalue weighted by Gasteiger charge is -2.26. The number of hydrogen-bond acceptors (Lipinski definition) is 0. The predicted octanol–water partition coefficient (Wildman–Crippen LogP) is 41.8. The highest BCUT2D eigenvalue weighted by atomic mass is 19.2. The molecule has 7 fully saturated rings. The molecule has 14 aromatic rings. The topological polar surface area (TPSA) is 0 Å². The fourth-order valence-corrected chi connectivity index (χ4v) is 22.9. The Kier molecular flexibility index (Phi) is 39.3. The number of aryl methyl sites for hydroxylation is 3. The molecule has 0 atom stereocenters. The van der Waals surface area contributed by atoms with Crippen LogP contribution in [0.5, 0.6) is 0 Å². The van der Waals surface area contributed by atoms with E-state index < -0.39 is 23.3 Å². The molecule has 7 aliphatic carbocycles. The summed E-state index contributed by atoms with van der Waals surface area (Å²) in [5.41, 5.74) is 24.4. The van der Waals surface area contributed by atoms with E-state index in [1.807, 2.05) is 98.8 Å². The molecule has 764 valence electrons. The first kappa shape index (κ1) is 109. The van der Waals surface area contributed by atoms with Gasteiger partial charge in [-0.25, -0.2) is 43.9 Å². The van der Waals surface area contributed by atoms with Gasteiger partial charge in [0, 0.05) is 22.3 Å². The van der Waals surface area contributed by atoms with Crippen molar-refractivity contribution >= 4 is 0 Å². The van der Waals surface area contributed by atoms with Gasteiger partial charge in [-0.1, -0.05) is 380 Å². The summed E-state index contributed by atoms with van der Waals surface area (Å²) in [6, 6.07) is 94.0. The standard InChI is InChI=1S/2C20H23F.C20H24.C19H19F3.2C19H20F2.C19H21F/c1-14-3-7-16(8-4-14)18-11-12-19(20(21)13-18)17-9-5-15(2)6-10-17;1-14-3-6-16(7-4-14)17-8-10-18(11-9-17)19-12-5-15(2)13-20(19)21;1-15-3-7-17(8-4-15)19-11-13-20(14-12-19)18-9-5-16(2)6-10-18;1-12-2-4-13(5-3-12)14-6-8-16(18(21)10-14)15-7-9-17(20)19(22)11-15;1-13-2-4-14(5-3-13)16-8-11-18(19(21)12-16)15-6-9-17(20)10-7-15;1-13-2-4-14(5-3-13)15-6-8-16(9-7-15)17-10-11-18(20)19(21)12-17;1-14-2-4-15(5-3-14)16-6-8-17(9-7-16)18-10-12-19(20)13-11-18/h5-6,9-14,16H,3-4,7-8H2,1-2H3;5,8-14,16H,3-4,6-7H2,1-2H3;3-4,7-8,11-14,16,18H,5-6,9-10H2,1-2H3;6-13H,2-5H2,1H3;2*6-14H,2-5H2,1H3;6-15H,2-5H2,1H3. The van der Waals surface area contributed by atoms with Crippen LogP contribution in [0.1, 0.15) is 325 Å². The highest BCUT2D eigenvalue weighted by Gasteiger charge is 2.29. The Balaban J connectivity index is 0.000000128. The van der Waals surface area contributed by atoms with E-state index in [0.717, 1.165) is 147 Å². The molecule has 0 spiro atoms. The van der Waals surface area contributed by atoms with Gasteiger partial charge in [-0.2, -0.15) is 0 Å². The summed E-state index contributed by atoms with van der Waals surface area (Å²) >= 11 is 0. The quantitative estimate of drug-likeness (QED) is 0.0952. The summed E-state index contributed by atoms with van der Waals surface area (Å²) in [7, 11) is 0. The summed E-state index contributed by atoms with van der Waals surface area (Å²) in [5, 5.41) is 0. The lowest BCUT2D eigenvalue weighted by molar-refractivity contribution is 0.347. The molecule has 0 amide bonds. The first-order chi connectivity index (χ1) is 70.5. The van der Waals surface area contributed by atoms with Crippen LogP contribution in [0.4, 0.5) is 43.9 Å². The summed E-state index contributed by atoms with van der Waals surface area (Å²) < 4.78 is 136. The molecular formula is C136H150F10. The van der Waals surface area contributed by atoms with Crippen molar-refractivity contribution in [3.63, 3.8) is 0 Å². The minimum absolute atomic E-state index is 0.0880. The molecule has 0 nitrogen and oxygen atoms in total. The fourth-order valence-electron chi connectivity index (χ4n) is 22.9. The Morgan fingerprint density at radius 2 is 0.315 bits per heavy atom. The molecule has 21 rings (SSSR count). The number of halogens is 10. The normalized spacial score (nSPS) is 22.3. The number of benzene rings is 14. The van der Waals surface area contributed by atoms with Crippen molar-refractivity contribution in [2.75, 3.05) is 0 Å². The minimum atomic E-state index is -0.956. The summed E-state index contributed by atoms with van der Waals surface area (Å²) in [5.74, 6) is 5.48. The molecule has 10 heteroatoms. The maximum Gasteiger partial charge on any atom is 0.159 e. The smallest absolute Gasteiger partial charge is 0.159 e. The van der Waals surface area contributed by atoms with E-state index in [9.17, 15) is 43.9 Å². The van der Waals surface area contributed by atoms with Crippen LogP contribution < -0.4 is 0 Å². The lowest BCUT2D eigenvalue weighted by Crippen LogP contribution is -2.11. The first-order valence-electron chi connectivity index (χ1n) is 54.6. The van der Waals surface area contributed by atoms with Crippen molar-refractivity contribution in [2.45, 2.75) is 290 Å². The molecule has 0 aromatic heterocycles. The van der Waals surface area contributed by atoms with Crippen LogP contribution >= 0.6 is 0 Å². The van der Waals surface area contributed by atoms with Crippen LogP contribution in [0.3, 0.4) is 0 Å². The summed E-state index contributed by atoms with van der Waals surface area (Å²) in [6.45, 7) is 22.4. The van der Waals surface area contributed by atoms with Crippen molar-refractivity contribution in [2.24, 2.45) is 41.4 Å². The van der Waals surface area contributed by atoms with E-state index in [1.165, 1.54) is 247 Å². The second-order valence-corrected chi connectivity index (χ2v) is 44.4. The van der Waals surface area contributed by atoms with Gasteiger partial charge in [-0.3, -0.25) is 0 Å². The summed E-state index contributed by atoms with van der Waals surface area (Å²) in [4.78, 5) is 0. The Labute approximate surface area is 865 Å². The minimum Gasteiger partial charge on any atom is -0.207 e. The van der Waals surface area contributed by atoms with Gasteiger partial charge in [0.15, 0.2) is 23.3 Å².